The van der Waals surface area contributed by atoms with E-state index in [1.165, 1.54) is 12.1 Å². The van der Waals surface area contributed by atoms with Crippen LogP contribution in [0, 0.1) is 5.82 Å². The van der Waals surface area contributed by atoms with Crippen molar-refractivity contribution in [2.75, 3.05) is 32.1 Å². The summed E-state index contributed by atoms with van der Waals surface area (Å²) in [4.78, 5) is 28.1. The van der Waals surface area contributed by atoms with Crippen molar-refractivity contribution in [3.8, 4) is 0 Å². The third-order valence-electron chi connectivity index (χ3n) is 4.49. The number of likely N-dealkylation sites (tertiary alicyclic amines) is 2. The van der Waals surface area contributed by atoms with Crippen molar-refractivity contribution in [3.05, 3.63) is 30.1 Å². The molecule has 1 N–H and O–H groups in total. The van der Waals surface area contributed by atoms with E-state index in [0.717, 1.165) is 6.42 Å². The van der Waals surface area contributed by atoms with Crippen LogP contribution in [0.2, 0.25) is 0 Å². The highest BCUT2D eigenvalue weighted by Crippen LogP contribution is 2.32. The molecule has 2 heterocycles. The molecule has 7 heteroatoms. The number of methoxy groups -OCH3 is 1. The van der Waals surface area contributed by atoms with Gasteiger partial charge in [-0.05, 0) is 24.6 Å². The molecule has 3 rings (SSSR count). The minimum absolute atomic E-state index is 0.0518. The SMILES string of the molecule is COCCN1C(=O)C[C@@H]2[C@H]1CCN2C(=O)Nc1cccc(F)c1. The topological polar surface area (TPSA) is 61.9 Å². The summed E-state index contributed by atoms with van der Waals surface area (Å²) < 4.78 is 18.2. The number of fused-ring (bicyclic) bond motifs is 1. The van der Waals surface area contributed by atoms with Crippen LogP contribution >= 0.6 is 0 Å². The molecule has 23 heavy (non-hydrogen) atoms. The zero-order chi connectivity index (χ0) is 16.4. The van der Waals surface area contributed by atoms with Gasteiger partial charge in [-0.15, -0.1) is 0 Å². The summed E-state index contributed by atoms with van der Waals surface area (Å²) in [5.74, 6) is -0.343. The maximum Gasteiger partial charge on any atom is 0.322 e. The number of nitrogens with one attached hydrogen (secondary N) is 1. The lowest BCUT2D eigenvalue weighted by Gasteiger charge is -2.25. The lowest BCUT2D eigenvalue weighted by molar-refractivity contribution is -0.129. The summed E-state index contributed by atoms with van der Waals surface area (Å²) in [5.41, 5.74) is 0.416. The minimum Gasteiger partial charge on any atom is -0.383 e. The second kappa shape index (κ2) is 6.54. The quantitative estimate of drug-likeness (QED) is 0.918. The van der Waals surface area contributed by atoms with E-state index < -0.39 is 5.82 Å². The van der Waals surface area contributed by atoms with E-state index in [2.05, 4.69) is 5.32 Å². The number of anilines is 1. The van der Waals surface area contributed by atoms with E-state index >= 15 is 0 Å². The van der Waals surface area contributed by atoms with Crippen molar-refractivity contribution in [2.45, 2.75) is 24.9 Å². The monoisotopic (exact) mass is 321 g/mol. The molecule has 0 spiro atoms. The molecule has 0 aliphatic carbocycles. The number of benzene rings is 1. The van der Waals surface area contributed by atoms with Crippen molar-refractivity contribution in [1.29, 1.82) is 0 Å². The van der Waals surface area contributed by atoms with Crippen LogP contribution in [0.1, 0.15) is 12.8 Å². The Labute approximate surface area is 134 Å². The van der Waals surface area contributed by atoms with Crippen LogP contribution in [0.25, 0.3) is 0 Å². The number of amides is 3. The number of carbonyl (C=O) groups is 2. The molecular formula is C16H20FN3O3. The molecule has 0 unspecified atom stereocenters. The summed E-state index contributed by atoms with van der Waals surface area (Å²) in [7, 11) is 1.60. The molecule has 6 nitrogen and oxygen atoms in total. The molecule has 1 aromatic carbocycles. The Morgan fingerprint density at radius 2 is 2.26 bits per heavy atom. The van der Waals surface area contributed by atoms with Crippen molar-refractivity contribution < 1.29 is 18.7 Å². The predicted molar refractivity (Wildman–Crippen MR) is 82.5 cm³/mol. The third kappa shape index (κ3) is 3.14. The maximum atomic E-state index is 13.2. The number of nitrogens with zero attached hydrogens (tertiary/aromatic N) is 2. The van der Waals surface area contributed by atoms with E-state index in [1.54, 1.807) is 24.1 Å². The van der Waals surface area contributed by atoms with E-state index in [9.17, 15) is 14.0 Å². The highest BCUT2D eigenvalue weighted by molar-refractivity contribution is 5.91. The number of rotatable bonds is 4. The number of ether oxygens (including phenoxy) is 1. The molecule has 3 amide bonds. The van der Waals surface area contributed by atoms with Crippen molar-refractivity contribution in [3.63, 3.8) is 0 Å². The molecule has 2 fully saturated rings. The normalized spacial score (nSPS) is 23.3. The van der Waals surface area contributed by atoms with Gasteiger partial charge in [0.05, 0.1) is 18.7 Å². The molecule has 2 aliphatic rings. The summed E-state index contributed by atoms with van der Waals surface area (Å²) in [6, 6.07) is 5.43. The van der Waals surface area contributed by atoms with E-state index in [-0.39, 0.29) is 24.0 Å². The van der Waals surface area contributed by atoms with Crippen LogP contribution in [0.5, 0.6) is 0 Å². The molecule has 0 bridgehead atoms. The average molecular weight is 321 g/mol. The fraction of sp³-hybridized carbons (Fsp3) is 0.500. The van der Waals surface area contributed by atoms with Crippen LogP contribution in [0.15, 0.2) is 24.3 Å². The molecule has 2 saturated heterocycles. The number of carbonyl (C=O) groups excluding carboxylic acids is 2. The van der Waals surface area contributed by atoms with E-state index in [1.807, 2.05) is 4.90 Å². The van der Waals surface area contributed by atoms with Gasteiger partial charge in [-0.2, -0.15) is 0 Å². The highest BCUT2D eigenvalue weighted by atomic mass is 19.1. The van der Waals surface area contributed by atoms with E-state index in [4.69, 9.17) is 4.74 Å². The molecule has 2 atom stereocenters. The van der Waals surface area contributed by atoms with Gasteiger partial charge in [-0.1, -0.05) is 6.07 Å². The van der Waals surface area contributed by atoms with Gasteiger partial charge in [0.25, 0.3) is 0 Å². The zero-order valence-corrected chi connectivity index (χ0v) is 13.0. The van der Waals surface area contributed by atoms with Gasteiger partial charge in [0.15, 0.2) is 0 Å². The second-order valence-corrected chi connectivity index (χ2v) is 5.84. The fourth-order valence-electron chi connectivity index (χ4n) is 3.42. The minimum atomic E-state index is -0.399. The summed E-state index contributed by atoms with van der Waals surface area (Å²) in [6.07, 6.45) is 1.10. The van der Waals surface area contributed by atoms with Crippen LogP contribution in [0.3, 0.4) is 0 Å². The Bertz CT molecular complexity index is 610. The largest absolute Gasteiger partial charge is 0.383 e. The van der Waals surface area contributed by atoms with Crippen LogP contribution in [0.4, 0.5) is 14.9 Å². The predicted octanol–water partition coefficient (Wildman–Crippen LogP) is 1.68. The molecule has 0 radical (unpaired) electrons. The van der Waals surface area contributed by atoms with Gasteiger partial charge in [-0.25, -0.2) is 9.18 Å². The first kappa shape index (κ1) is 15.7. The van der Waals surface area contributed by atoms with Gasteiger partial charge in [0, 0.05) is 32.3 Å². The van der Waals surface area contributed by atoms with Crippen molar-refractivity contribution in [1.82, 2.24) is 9.80 Å². The Morgan fingerprint density at radius 3 is 3.00 bits per heavy atom. The van der Waals surface area contributed by atoms with Crippen molar-refractivity contribution in [2.24, 2.45) is 0 Å². The standard InChI is InChI=1S/C16H20FN3O3/c1-23-8-7-19-13-5-6-20(14(13)10-15(19)21)16(22)18-12-4-2-3-11(17)9-12/h2-4,9,13-14H,5-8,10H2,1H3,(H,18,22)/t13-,14-/m1/s1. The first-order chi connectivity index (χ1) is 11.1. The molecule has 2 aliphatic heterocycles. The van der Waals surface area contributed by atoms with Crippen LogP contribution in [-0.4, -0.2) is 60.6 Å². The van der Waals surface area contributed by atoms with Gasteiger partial charge in [0.1, 0.15) is 5.82 Å². The van der Waals surface area contributed by atoms with Gasteiger partial charge in [-0.3, -0.25) is 4.79 Å². The molecular weight excluding hydrogens is 301 g/mol. The zero-order valence-electron chi connectivity index (χ0n) is 13.0. The number of hydrogen-bond donors (Lipinski definition) is 1. The Kier molecular flexibility index (Phi) is 4.47. The highest BCUT2D eigenvalue weighted by Gasteiger charge is 2.48. The van der Waals surface area contributed by atoms with Crippen LogP contribution in [-0.2, 0) is 9.53 Å². The Hall–Kier alpha value is -2.15. The number of halogens is 1. The lowest BCUT2D eigenvalue weighted by atomic mass is 10.1. The van der Waals surface area contributed by atoms with Gasteiger partial charge >= 0.3 is 6.03 Å². The second-order valence-electron chi connectivity index (χ2n) is 5.84. The van der Waals surface area contributed by atoms with Gasteiger partial charge in [0.2, 0.25) is 5.91 Å². The Morgan fingerprint density at radius 1 is 1.43 bits per heavy atom. The molecule has 1 aromatic rings. The molecule has 124 valence electrons. The molecule has 0 saturated carbocycles. The molecule has 0 aromatic heterocycles. The Balaban J connectivity index is 1.66. The number of urea groups is 1. The van der Waals surface area contributed by atoms with Crippen molar-refractivity contribution >= 4 is 17.6 Å². The first-order valence-corrected chi connectivity index (χ1v) is 7.71. The smallest absolute Gasteiger partial charge is 0.322 e. The average Bonchev–Trinajstić information content (AvgIpc) is 3.03. The third-order valence-corrected chi connectivity index (χ3v) is 4.49. The van der Waals surface area contributed by atoms with E-state index in [0.29, 0.717) is 31.8 Å². The first-order valence-electron chi connectivity index (χ1n) is 7.71. The van der Waals surface area contributed by atoms with Crippen LogP contribution < -0.4 is 5.32 Å². The fourth-order valence-corrected chi connectivity index (χ4v) is 3.42. The summed E-state index contributed by atoms with van der Waals surface area (Å²) >= 11 is 0. The number of hydrogen-bond acceptors (Lipinski definition) is 3. The van der Waals surface area contributed by atoms with Gasteiger partial charge < -0.3 is 19.9 Å². The summed E-state index contributed by atoms with van der Waals surface area (Å²) in [6.45, 7) is 1.63. The maximum absolute atomic E-state index is 13.2. The summed E-state index contributed by atoms with van der Waals surface area (Å²) in [5, 5.41) is 2.70. The lowest BCUT2D eigenvalue weighted by Crippen LogP contribution is -2.42.